The molecule has 9 aromatic rings. The van der Waals surface area contributed by atoms with Gasteiger partial charge in [0.15, 0.2) is 0 Å². The minimum absolute atomic E-state index is 0.0772. The average Bonchev–Trinajstić information content (AvgIpc) is 3.39. The Morgan fingerprint density at radius 3 is 1.55 bits per heavy atom. The van der Waals surface area contributed by atoms with E-state index in [0.717, 1.165) is 0 Å². The van der Waals surface area contributed by atoms with Gasteiger partial charge >= 0.3 is 0 Å². The van der Waals surface area contributed by atoms with Crippen molar-refractivity contribution >= 4 is 43.1 Å². The zero-order valence-electron chi connectivity index (χ0n) is 27.7. The Morgan fingerprint density at radius 1 is 0.306 bits per heavy atom. The molecule has 1 aliphatic rings. The third kappa shape index (κ3) is 4.11. The quantitative estimate of drug-likeness (QED) is 0.172. The molecule has 0 bridgehead atoms. The van der Waals surface area contributed by atoms with Gasteiger partial charge in [0.25, 0.3) is 0 Å². The summed E-state index contributed by atoms with van der Waals surface area (Å²) in [6.07, 6.45) is 0. The first-order valence-electron chi connectivity index (χ1n) is 17.3. The molecule has 0 atom stereocenters. The van der Waals surface area contributed by atoms with Gasteiger partial charge in [-0.05, 0) is 111 Å². The van der Waals surface area contributed by atoms with Crippen LogP contribution in [-0.2, 0) is 5.41 Å². The molecule has 0 spiro atoms. The Balaban J connectivity index is 1.18. The van der Waals surface area contributed by atoms with Crippen molar-refractivity contribution in [1.82, 2.24) is 0 Å². The molecule has 230 valence electrons. The van der Waals surface area contributed by atoms with E-state index in [9.17, 15) is 0 Å². The number of hydrogen-bond donors (Lipinski definition) is 0. The van der Waals surface area contributed by atoms with Gasteiger partial charge in [0, 0.05) is 5.41 Å². The van der Waals surface area contributed by atoms with Crippen molar-refractivity contribution < 1.29 is 0 Å². The number of benzene rings is 9. The monoisotopic (exact) mass is 622 g/mol. The van der Waals surface area contributed by atoms with Crippen LogP contribution in [0.4, 0.5) is 0 Å². The summed E-state index contributed by atoms with van der Waals surface area (Å²) >= 11 is 0. The normalized spacial score (nSPS) is 13.3. The van der Waals surface area contributed by atoms with E-state index in [2.05, 4.69) is 184 Å². The summed E-state index contributed by atoms with van der Waals surface area (Å²) in [4.78, 5) is 0. The van der Waals surface area contributed by atoms with Crippen molar-refractivity contribution in [2.24, 2.45) is 0 Å². The van der Waals surface area contributed by atoms with Crippen LogP contribution in [0.5, 0.6) is 0 Å². The lowest BCUT2D eigenvalue weighted by molar-refractivity contribution is 0.661. The van der Waals surface area contributed by atoms with Crippen LogP contribution in [0.15, 0.2) is 170 Å². The van der Waals surface area contributed by atoms with Crippen molar-refractivity contribution in [2.75, 3.05) is 0 Å². The maximum absolute atomic E-state index is 2.45. The van der Waals surface area contributed by atoms with Crippen molar-refractivity contribution in [1.29, 1.82) is 0 Å². The highest BCUT2D eigenvalue weighted by molar-refractivity contribution is 6.23. The lowest BCUT2D eigenvalue weighted by atomic mass is 9.81. The second-order valence-electron chi connectivity index (χ2n) is 14.0. The second-order valence-corrected chi connectivity index (χ2v) is 14.0. The first kappa shape index (κ1) is 28.1. The van der Waals surface area contributed by atoms with Crippen LogP contribution in [0.1, 0.15) is 25.0 Å². The Hall–Kier alpha value is -5.98. The van der Waals surface area contributed by atoms with E-state index in [1.54, 1.807) is 0 Å². The summed E-state index contributed by atoms with van der Waals surface area (Å²) in [5.41, 5.74) is 13.1. The fourth-order valence-corrected chi connectivity index (χ4v) is 8.71. The van der Waals surface area contributed by atoms with Gasteiger partial charge in [-0.25, -0.2) is 0 Å². The Labute approximate surface area is 286 Å². The van der Waals surface area contributed by atoms with Crippen LogP contribution in [0, 0.1) is 0 Å². The molecule has 0 saturated heterocycles. The minimum Gasteiger partial charge on any atom is -0.0616 e. The van der Waals surface area contributed by atoms with Gasteiger partial charge in [-0.3, -0.25) is 0 Å². The van der Waals surface area contributed by atoms with Gasteiger partial charge in [-0.2, -0.15) is 0 Å². The molecule has 0 nitrogen and oxygen atoms in total. The second kappa shape index (κ2) is 10.5. The van der Waals surface area contributed by atoms with Crippen molar-refractivity contribution in [3.63, 3.8) is 0 Å². The Morgan fingerprint density at radius 2 is 0.837 bits per heavy atom. The first-order chi connectivity index (χ1) is 24.1. The Kier molecular flexibility index (Phi) is 6.02. The van der Waals surface area contributed by atoms with Gasteiger partial charge < -0.3 is 0 Å². The molecule has 0 fully saturated rings. The van der Waals surface area contributed by atoms with Crippen LogP contribution in [-0.4, -0.2) is 0 Å². The van der Waals surface area contributed by atoms with Crippen LogP contribution >= 0.6 is 0 Å². The molecule has 0 unspecified atom stereocenters. The van der Waals surface area contributed by atoms with E-state index in [4.69, 9.17) is 0 Å². The summed E-state index contributed by atoms with van der Waals surface area (Å²) in [5.74, 6) is 0. The molecule has 0 radical (unpaired) electrons. The number of rotatable bonds is 3. The molecule has 49 heavy (non-hydrogen) atoms. The summed E-state index contributed by atoms with van der Waals surface area (Å²) in [5, 5.41) is 10.3. The molecule has 10 rings (SSSR count). The molecule has 0 saturated carbocycles. The minimum atomic E-state index is -0.0772. The molecule has 0 N–H and O–H groups in total. The van der Waals surface area contributed by atoms with Gasteiger partial charge in [-0.1, -0.05) is 172 Å². The predicted molar refractivity (Wildman–Crippen MR) is 210 cm³/mol. The predicted octanol–water partition coefficient (Wildman–Crippen LogP) is 13.6. The highest BCUT2D eigenvalue weighted by atomic mass is 14.4. The van der Waals surface area contributed by atoms with Crippen molar-refractivity contribution in [3.8, 4) is 44.5 Å². The topological polar surface area (TPSA) is 0 Å². The maximum Gasteiger partial charge on any atom is 0.0159 e. The molecule has 9 aromatic carbocycles. The highest BCUT2D eigenvalue weighted by Gasteiger charge is 2.36. The average molecular weight is 623 g/mol. The molecule has 0 heterocycles. The lowest BCUT2D eigenvalue weighted by Crippen LogP contribution is -2.15. The van der Waals surface area contributed by atoms with E-state index >= 15 is 0 Å². The van der Waals surface area contributed by atoms with E-state index in [1.165, 1.54) is 98.7 Å². The summed E-state index contributed by atoms with van der Waals surface area (Å²) in [6, 6.07) is 63.1. The van der Waals surface area contributed by atoms with Crippen LogP contribution < -0.4 is 0 Å². The summed E-state index contributed by atoms with van der Waals surface area (Å²) in [6.45, 7) is 4.75. The third-order valence-corrected chi connectivity index (χ3v) is 11.0. The zero-order chi connectivity index (χ0) is 32.7. The van der Waals surface area contributed by atoms with Crippen LogP contribution in [0.2, 0.25) is 0 Å². The molecule has 0 aromatic heterocycles. The van der Waals surface area contributed by atoms with E-state index in [1.807, 2.05) is 0 Å². The fraction of sp³-hybridized carbons (Fsp3) is 0.0612. The fourth-order valence-electron chi connectivity index (χ4n) is 8.71. The van der Waals surface area contributed by atoms with Crippen LogP contribution in [0.25, 0.3) is 87.6 Å². The van der Waals surface area contributed by atoms with Crippen molar-refractivity contribution in [3.05, 3.63) is 181 Å². The molecular weight excluding hydrogens is 589 g/mol. The largest absolute Gasteiger partial charge is 0.0616 e. The molecule has 0 aliphatic heterocycles. The molecular formula is C49H34. The Bertz CT molecular complexity index is 2730. The first-order valence-corrected chi connectivity index (χ1v) is 17.3. The number of hydrogen-bond acceptors (Lipinski definition) is 0. The summed E-state index contributed by atoms with van der Waals surface area (Å²) in [7, 11) is 0. The van der Waals surface area contributed by atoms with Gasteiger partial charge in [0.1, 0.15) is 0 Å². The van der Waals surface area contributed by atoms with Gasteiger partial charge in [0.2, 0.25) is 0 Å². The van der Waals surface area contributed by atoms with Crippen LogP contribution in [0.3, 0.4) is 0 Å². The molecule has 0 amide bonds. The van der Waals surface area contributed by atoms with E-state index < -0.39 is 0 Å². The lowest BCUT2D eigenvalue weighted by Gasteiger charge is -2.22. The SMILES string of the molecule is CC1(C)c2cc(-c3cccc(-c4c5ccccc5c(-c5cccc6ccccc56)c5ccccc45)c3)ccc2-c2c1ccc1ccccc21. The summed E-state index contributed by atoms with van der Waals surface area (Å²) < 4.78 is 0. The standard InChI is InChI=1S/C49H34/c1-49(2)44-28-26-32-14-4-6-19-37(32)48(44)43-27-25-34(30-45(43)49)33-16-11-17-35(29-33)46-39-20-7-9-22-41(39)47(42-23-10-8-21-40(42)46)38-24-12-15-31-13-3-5-18-36(31)38/h3-30H,1-2H3. The van der Waals surface area contributed by atoms with E-state index in [0.29, 0.717) is 0 Å². The maximum atomic E-state index is 2.45. The van der Waals surface area contributed by atoms with Crippen molar-refractivity contribution in [2.45, 2.75) is 19.3 Å². The third-order valence-electron chi connectivity index (χ3n) is 11.0. The number of fused-ring (bicyclic) bond motifs is 8. The van der Waals surface area contributed by atoms with Gasteiger partial charge in [-0.15, -0.1) is 0 Å². The molecule has 1 aliphatic carbocycles. The zero-order valence-corrected chi connectivity index (χ0v) is 27.7. The van der Waals surface area contributed by atoms with E-state index in [-0.39, 0.29) is 5.41 Å². The van der Waals surface area contributed by atoms with Gasteiger partial charge in [0.05, 0.1) is 0 Å². The highest BCUT2D eigenvalue weighted by Crippen LogP contribution is 2.52. The smallest absolute Gasteiger partial charge is 0.0159 e. The molecule has 0 heteroatoms.